The largest absolute Gasteiger partial charge is 0.361 e. The van der Waals surface area contributed by atoms with Gasteiger partial charge >= 0.3 is 0 Å². The van der Waals surface area contributed by atoms with E-state index in [-0.39, 0.29) is 0 Å². The van der Waals surface area contributed by atoms with Crippen molar-refractivity contribution in [1.82, 2.24) is 9.97 Å². The Balaban J connectivity index is 0.000000122. The highest BCUT2D eigenvalue weighted by molar-refractivity contribution is 6.06. The fraction of sp³-hybridized carbons (Fsp3) is 0. The molecule has 2 aromatic heterocycles. The second-order valence-corrected chi connectivity index (χ2v) is 5.28. The van der Waals surface area contributed by atoms with Gasteiger partial charge in [-0.05, 0) is 29.7 Å². The molecule has 0 aliphatic heterocycles. The van der Waals surface area contributed by atoms with Gasteiger partial charge in [0, 0.05) is 33.5 Å². The maximum Gasteiger partial charge on any atom is 0.0464 e. The van der Waals surface area contributed by atoms with Crippen molar-refractivity contribution in [3.05, 3.63) is 85.1 Å². The summed E-state index contributed by atoms with van der Waals surface area (Å²) in [7, 11) is 0. The highest BCUT2D eigenvalue weighted by atomic mass is 14.7. The molecular weight excluding hydrogens is 268 g/mol. The Morgan fingerprint density at radius 2 is 1.05 bits per heavy atom. The molecule has 2 N–H and O–H groups in total. The first kappa shape index (κ1) is 12.7. The van der Waals surface area contributed by atoms with Crippen LogP contribution in [0.15, 0.2) is 85.1 Å². The normalized spacial score (nSPS) is 10.7. The van der Waals surface area contributed by atoms with Crippen LogP contribution in [0, 0.1) is 0 Å². The standard InChI is InChI=1S/C12H9N.C8H7N/c1-3-7-11-9(5-1)10-6-2-4-8-12(10)13-11;1-2-4-8-7(3-1)5-6-9-8/h1-8,13H;1-6,9H. The summed E-state index contributed by atoms with van der Waals surface area (Å²) in [5.41, 5.74) is 3.63. The van der Waals surface area contributed by atoms with E-state index in [1.165, 1.54) is 32.7 Å². The summed E-state index contributed by atoms with van der Waals surface area (Å²) in [6.45, 7) is 0. The molecule has 0 saturated carbocycles. The molecule has 0 amide bonds. The van der Waals surface area contributed by atoms with Crippen molar-refractivity contribution in [2.45, 2.75) is 0 Å². The molecule has 3 aromatic carbocycles. The molecule has 0 saturated heterocycles. The zero-order chi connectivity index (χ0) is 14.8. The van der Waals surface area contributed by atoms with E-state index in [0.29, 0.717) is 0 Å². The van der Waals surface area contributed by atoms with E-state index >= 15 is 0 Å². The summed E-state index contributed by atoms with van der Waals surface area (Å²) in [5, 5.41) is 3.88. The van der Waals surface area contributed by atoms with Crippen LogP contribution >= 0.6 is 0 Å². The van der Waals surface area contributed by atoms with Gasteiger partial charge in [-0.2, -0.15) is 0 Å². The Kier molecular flexibility index (Phi) is 3.13. The molecule has 5 rings (SSSR count). The van der Waals surface area contributed by atoms with E-state index < -0.39 is 0 Å². The second kappa shape index (κ2) is 5.41. The highest BCUT2D eigenvalue weighted by Crippen LogP contribution is 2.24. The zero-order valence-corrected chi connectivity index (χ0v) is 12.1. The van der Waals surface area contributed by atoms with Crippen molar-refractivity contribution in [1.29, 1.82) is 0 Å². The van der Waals surface area contributed by atoms with Gasteiger partial charge in [0.1, 0.15) is 0 Å². The predicted molar refractivity (Wildman–Crippen MR) is 94.1 cm³/mol. The Labute approximate surface area is 128 Å². The third-order valence-electron chi connectivity index (χ3n) is 3.88. The number of aromatic amines is 2. The first-order valence-corrected chi connectivity index (χ1v) is 7.39. The molecule has 0 spiro atoms. The molecule has 0 aliphatic carbocycles. The van der Waals surface area contributed by atoms with Gasteiger partial charge in [-0.15, -0.1) is 0 Å². The van der Waals surface area contributed by atoms with Crippen molar-refractivity contribution in [2.75, 3.05) is 0 Å². The van der Waals surface area contributed by atoms with Gasteiger partial charge in [-0.3, -0.25) is 0 Å². The first-order chi connectivity index (χ1) is 10.9. The molecule has 0 unspecified atom stereocenters. The number of nitrogens with one attached hydrogen (secondary N) is 2. The van der Waals surface area contributed by atoms with Crippen LogP contribution < -0.4 is 0 Å². The number of aromatic nitrogens is 2. The van der Waals surface area contributed by atoms with E-state index in [1.54, 1.807) is 0 Å². The molecule has 5 aromatic rings. The fourth-order valence-electron chi connectivity index (χ4n) is 2.79. The van der Waals surface area contributed by atoms with Gasteiger partial charge in [0.25, 0.3) is 0 Å². The highest BCUT2D eigenvalue weighted by Gasteiger charge is 2.00. The van der Waals surface area contributed by atoms with Crippen LogP contribution in [0.5, 0.6) is 0 Å². The van der Waals surface area contributed by atoms with Gasteiger partial charge < -0.3 is 9.97 Å². The zero-order valence-electron chi connectivity index (χ0n) is 12.1. The van der Waals surface area contributed by atoms with E-state index in [1.807, 2.05) is 18.3 Å². The number of hydrogen-bond acceptors (Lipinski definition) is 0. The molecule has 0 fully saturated rings. The number of fused-ring (bicyclic) bond motifs is 4. The molecule has 0 aliphatic rings. The molecule has 2 nitrogen and oxygen atoms in total. The average Bonchev–Trinajstić information content (AvgIpc) is 3.19. The van der Waals surface area contributed by atoms with Crippen LogP contribution in [0.2, 0.25) is 0 Å². The lowest BCUT2D eigenvalue weighted by Crippen LogP contribution is -1.62. The minimum absolute atomic E-state index is 1.21. The molecule has 0 radical (unpaired) electrons. The minimum atomic E-state index is 1.21. The molecule has 2 heteroatoms. The lowest BCUT2D eigenvalue weighted by atomic mass is 10.2. The number of hydrogen-bond donors (Lipinski definition) is 2. The van der Waals surface area contributed by atoms with Crippen molar-refractivity contribution in [2.24, 2.45) is 0 Å². The van der Waals surface area contributed by atoms with Crippen LogP contribution in [0.1, 0.15) is 0 Å². The Bertz CT molecular complexity index is 957. The Morgan fingerprint density at radius 3 is 1.68 bits per heavy atom. The van der Waals surface area contributed by atoms with E-state index in [0.717, 1.165) is 0 Å². The lowest BCUT2D eigenvalue weighted by Gasteiger charge is -1.87. The summed E-state index contributed by atoms with van der Waals surface area (Å²) in [6, 6.07) is 27.0. The molecule has 0 atom stereocenters. The monoisotopic (exact) mass is 284 g/mol. The number of benzene rings is 3. The van der Waals surface area contributed by atoms with Crippen molar-refractivity contribution >= 4 is 32.7 Å². The lowest BCUT2D eigenvalue weighted by molar-refractivity contribution is 1.48. The number of para-hydroxylation sites is 3. The van der Waals surface area contributed by atoms with Crippen LogP contribution in [-0.4, -0.2) is 9.97 Å². The smallest absolute Gasteiger partial charge is 0.0464 e. The van der Waals surface area contributed by atoms with E-state index in [9.17, 15) is 0 Å². The van der Waals surface area contributed by atoms with Crippen LogP contribution in [0.4, 0.5) is 0 Å². The molecule has 106 valence electrons. The molecule has 22 heavy (non-hydrogen) atoms. The third kappa shape index (κ3) is 2.25. The van der Waals surface area contributed by atoms with Gasteiger partial charge in [0.2, 0.25) is 0 Å². The Morgan fingerprint density at radius 1 is 0.500 bits per heavy atom. The first-order valence-electron chi connectivity index (χ1n) is 7.39. The van der Waals surface area contributed by atoms with E-state index in [2.05, 4.69) is 76.7 Å². The Hall–Kier alpha value is -3.00. The van der Waals surface area contributed by atoms with Crippen LogP contribution in [-0.2, 0) is 0 Å². The maximum atomic E-state index is 3.38. The van der Waals surface area contributed by atoms with Crippen molar-refractivity contribution in [3.8, 4) is 0 Å². The number of rotatable bonds is 0. The van der Waals surface area contributed by atoms with Gasteiger partial charge in [0.05, 0.1) is 0 Å². The van der Waals surface area contributed by atoms with Gasteiger partial charge in [-0.25, -0.2) is 0 Å². The molecule has 0 bridgehead atoms. The summed E-state index contributed by atoms with van der Waals surface area (Å²) < 4.78 is 0. The minimum Gasteiger partial charge on any atom is -0.361 e. The SMILES string of the molecule is c1ccc2[nH]ccc2c1.c1ccc2c(c1)[nH]c1ccccc12. The molecule has 2 heterocycles. The quantitative estimate of drug-likeness (QED) is 0.377. The van der Waals surface area contributed by atoms with Crippen molar-refractivity contribution in [3.63, 3.8) is 0 Å². The fourth-order valence-corrected chi connectivity index (χ4v) is 2.79. The molecular formula is C20H16N2. The van der Waals surface area contributed by atoms with Crippen LogP contribution in [0.3, 0.4) is 0 Å². The van der Waals surface area contributed by atoms with Crippen LogP contribution in [0.25, 0.3) is 32.7 Å². The topological polar surface area (TPSA) is 31.6 Å². The summed E-state index contributed by atoms with van der Waals surface area (Å²) >= 11 is 0. The van der Waals surface area contributed by atoms with Gasteiger partial charge in [-0.1, -0.05) is 54.6 Å². The van der Waals surface area contributed by atoms with Gasteiger partial charge in [0.15, 0.2) is 0 Å². The van der Waals surface area contributed by atoms with Crippen molar-refractivity contribution < 1.29 is 0 Å². The summed E-state index contributed by atoms with van der Waals surface area (Å²) in [4.78, 5) is 6.50. The number of H-pyrrole nitrogens is 2. The average molecular weight is 284 g/mol. The summed E-state index contributed by atoms with van der Waals surface area (Å²) in [5.74, 6) is 0. The third-order valence-corrected chi connectivity index (χ3v) is 3.88. The van der Waals surface area contributed by atoms with E-state index in [4.69, 9.17) is 0 Å². The summed E-state index contributed by atoms with van der Waals surface area (Å²) in [6.07, 6.45) is 1.95. The maximum absolute atomic E-state index is 3.38. The second-order valence-electron chi connectivity index (χ2n) is 5.28. The predicted octanol–water partition coefficient (Wildman–Crippen LogP) is 5.49.